The predicted octanol–water partition coefficient (Wildman–Crippen LogP) is 4.53. The van der Waals surface area contributed by atoms with Gasteiger partial charge in [-0.05, 0) is 25.8 Å². The molecule has 4 nitrogen and oxygen atoms in total. The second-order valence-electron chi connectivity index (χ2n) is 5.58. The van der Waals surface area contributed by atoms with Gasteiger partial charge in [-0.2, -0.15) is 0 Å². The van der Waals surface area contributed by atoms with Gasteiger partial charge in [-0.25, -0.2) is 4.79 Å². The molecule has 0 aromatic carbocycles. The third-order valence-corrected chi connectivity index (χ3v) is 3.54. The summed E-state index contributed by atoms with van der Waals surface area (Å²) in [6.07, 6.45) is 12.4. The normalized spacial score (nSPS) is 11.2. The van der Waals surface area contributed by atoms with Crippen molar-refractivity contribution >= 4 is 5.78 Å². The average molecular weight is 306 g/mol. The lowest BCUT2D eigenvalue weighted by atomic mass is 10.1. The molecule has 0 aliphatic carbocycles. The molecular weight excluding hydrogens is 280 g/mol. The Bertz CT molecular complexity index is 555. The maximum Gasteiger partial charge on any atom is 0.351 e. The molecule has 0 spiro atoms. The van der Waals surface area contributed by atoms with Crippen LogP contribution in [-0.4, -0.2) is 10.9 Å². The van der Waals surface area contributed by atoms with Crippen LogP contribution in [0.5, 0.6) is 5.75 Å². The fraction of sp³-hybridized carbons (Fsp3) is 0.556. The number of unbranched alkanes of at least 4 members (excludes halogenated alkanes) is 7. The topological polar surface area (TPSA) is 67.5 Å². The molecule has 0 atom stereocenters. The van der Waals surface area contributed by atoms with Gasteiger partial charge in [-0.1, -0.05) is 51.5 Å². The molecule has 1 rings (SSSR count). The first-order chi connectivity index (χ1) is 10.6. The number of aromatic hydroxyl groups is 1. The van der Waals surface area contributed by atoms with Gasteiger partial charge in [-0.3, -0.25) is 4.79 Å². The minimum absolute atomic E-state index is 0.283. The van der Waals surface area contributed by atoms with Crippen LogP contribution in [0.3, 0.4) is 0 Å². The van der Waals surface area contributed by atoms with E-state index in [1.54, 1.807) is 13.0 Å². The van der Waals surface area contributed by atoms with E-state index in [1.165, 1.54) is 44.2 Å². The largest absolute Gasteiger partial charge is 0.507 e. The van der Waals surface area contributed by atoms with Crippen LogP contribution in [0, 0.1) is 6.92 Å². The number of hydrogen-bond donors (Lipinski definition) is 1. The first-order valence-electron chi connectivity index (χ1n) is 8.10. The Labute approximate surface area is 131 Å². The van der Waals surface area contributed by atoms with E-state index < -0.39 is 11.4 Å². The van der Waals surface area contributed by atoms with Crippen LogP contribution in [0.2, 0.25) is 0 Å². The molecule has 4 heteroatoms. The smallest absolute Gasteiger partial charge is 0.351 e. The van der Waals surface area contributed by atoms with Crippen LogP contribution in [0.15, 0.2) is 27.4 Å². The summed E-state index contributed by atoms with van der Waals surface area (Å²) < 4.78 is 4.83. The summed E-state index contributed by atoms with van der Waals surface area (Å²) in [7, 11) is 0. The van der Waals surface area contributed by atoms with E-state index in [0.717, 1.165) is 19.3 Å². The highest BCUT2D eigenvalue weighted by molar-refractivity contribution is 6.05. The van der Waals surface area contributed by atoms with Gasteiger partial charge in [0.15, 0.2) is 5.78 Å². The Hall–Kier alpha value is -1.84. The zero-order valence-corrected chi connectivity index (χ0v) is 13.6. The Morgan fingerprint density at radius 1 is 1.18 bits per heavy atom. The standard InChI is InChI=1S/C18H26O4/c1-3-4-5-6-7-8-9-10-11-12-15(19)17-16(20)13-14(2)22-18(17)21/h11-13,20H,3-10H2,1-2H3. The summed E-state index contributed by atoms with van der Waals surface area (Å²) in [4.78, 5) is 23.5. The van der Waals surface area contributed by atoms with Crippen molar-refractivity contribution in [1.82, 2.24) is 0 Å². The van der Waals surface area contributed by atoms with Crippen molar-refractivity contribution in [1.29, 1.82) is 0 Å². The maximum absolute atomic E-state index is 11.9. The number of rotatable bonds is 10. The van der Waals surface area contributed by atoms with E-state index in [-0.39, 0.29) is 17.1 Å². The van der Waals surface area contributed by atoms with Crippen LogP contribution in [0.1, 0.15) is 74.4 Å². The van der Waals surface area contributed by atoms with E-state index in [9.17, 15) is 14.7 Å². The van der Waals surface area contributed by atoms with Crippen LogP contribution in [0.25, 0.3) is 0 Å². The highest BCUT2D eigenvalue weighted by Gasteiger charge is 2.15. The van der Waals surface area contributed by atoms with Crippen molar-refractivity contribution in [2.45, 2.75) is 65.2 Å². The van der Waals surface area contributed by atoms with Crippen LogP contribution in [0.4, 0.5) is 0 Å². The third-order valence-electron chi connectivity index (χ3n) is 3.54. The number of hydrogen-bond acceptors (Lipinski definition) is 4. The van der Waals surface area contributed by atoms with Gasteiger partial charge in [0.1, 0.15) is 17.1 Å². The second kappa shape index (κ2) is 9.98. The van der Waals surface area contributed by atoms with Crippen molar-refractivity contribution in [3.63, 3.8) is 0 Å². The fourth-order valence-electron chi connectivity index (χ4n) is 2.32. The molecule has 0 unspecified atom stereocenters. The van der Waals surface area contributed by atoms with Crippen LogP contribution >= 0.6 is 0 Å². The van der Waals surface area contributed by atoms with Crippen LogP contribution in [-0.2, 0) is 0 Å². The zero-order valence-electron chi connectivity index (χ0n) is 13.6. The lowest BCUT2D eigenvalue weighted by molar-refractivity contribution is 0.104. The Morgan fingerprint density at radius 3 is 2.45 bits per heavy atom. The van der Waals surface area contributed by atoms with Gasteiger partial charge in [0.2, 0.25) is 0 Å². The van der Waals surface area contributed by atoms with Gasteiger partial charge in [-0.15, -0.1) is 0 Å². The van der Waals surface area contributed by atoms with Gasteiger partial charge in [0.05, 0.1) is 0 Å². The first kappa shape index (κ1) is 18.2. The number of carbonyl (C=O) groups is 1. The summed E-state index contributed by atoms with van der Waals surface area (Å²) in [5.41, 5.74) is -1.08. The van der Waals surface area contributed by atoms with Crippen molar-refractivity contribution < 1.29 is 14.3 Å². The van der Waals surface area contributed by atoms with Gasteiger partial charge in [0.25, 0.3) is 0 Å². The van der Waals surface area contributed by atoms with E-state index in [2.05, 4.69) is 6.92 Å². The molecule has 1 N–H and O–H groups in total. The van der Waals surface area contributed by atoms with Crippen molar-refractivity contribution in [2.24, 2.45) is 0 Å². The highest BCUT2D eigenvalue weighted by atomic mass is 16.4. The summed E-state index contributed by atoms with van der Waals surface area (Å²) in [5.74, 6) is -0.542. The van der Waals surface area contributed by atoms with Gasteiger partial charge < -0.3 is 9.52 Å². The molecule has 0 bridgehead atoms. The highest BCUT2D eigenvalue weighted by Crippen LogP contribution is 2.15. The second-order valence-corrected chi connectivity index (χ2v) is 5.58. The van der Waals surface area contributed by atoms with E-state index >= 15 is 0 Å². The summed E-state index contributed by atoms with van der Waals surface area (Å²) in [6, 6.07) is 1.28. The van der Waals surface area contributed by atoms with E-state index in [0.29, 0.717) is 0 Å². The average Bonchev–Trinajstić information content (AvgIpc) is 2.44. The molecule has 122 valence electrons. The van der Waals surface area contributed by atoms with Gasteiger partial charge >= 0.3 is 5.63 Å². The van der Waals surface area contributed by atoms with Crippen molar-refractivity contribution in [2.75, 3.05) is 0 Å². The molecule has 0 aliphatic rings. The molecule has 0 saturated carbocycles. The molecule has 0 aliphatic heterocycles. The molecule has 1 aromatic heterocycles. The van der Waals surface area contributed by atoms with Crippen molar-refractivity contribution in [3.8, 4) is 5.75 Å². The molecule has 0 radical (unpaired) electrons. The molecule has 1 aromatic rings. The number of carbonyl (C=O) groups excluding carboxylic acids is 1. The number of allylic oxidation sites excluding steroid dienone is 2. The SMILES string of the molecule is CCCCCCCCCC=CC(=O)c1c(O)cc(C)oc1=O. The maximum atomic E-state index is 11.9. The molecule has 22 heavy (non-hydrogen) atoms. The Kier molecular flexibility index (Phi) is 8.26. The molecule has 1 heterocycles. The molecule has 0 amide bonds. The van der Waals surface area contributed by atoms with Crippen molar-refractivity contribution in [3.05, 3.63) is 40.0 Å². The molecular formula is C18H26O4. The zero-order chi connectivity index (χ0) is 16.4. The monoisotopic (exact) mass is 306 g/mol. The lowest BCUT2D eigenvalue weighted by Gasteiger charge is -2.00. The number of ketones is 1. The Balaban J connectivity index is 2.35. The predicted molar refractivity (Wildman–Crippen MR) is 87.5 cm³/mol. The summed E-state index contributed by atoms with van der Waals surface area (Å²) in [6.45, 7) is 3.75. The summed E-state index contributed by atoms with van der Waals surface area (Å²) >= 11 is 0. The van der Waals surface area contributed by atoms with E-state index in [1.807, 2.05) is 0 Å². The minimum atomic E-state index is -0.789. The quantitative estimate of drug-likeness (QED) is 0.391. The van der Waals surface area contributed by atoms with E-state index in [4.69, 9.17) is 4.42 Å². The number of aryl methyl sites for hydroxylation is 1. The Morgan fingerprint density at radius 2 is 1.82 bits per heavy atom. The van der Waals surface area contributed by atoms with Gasteiger partial charge in [0, 0.05) is 6.07 Å². The molecule has 0 saturated heterocycles. The first-order valence-corrected chi connectivity index (χ1v) is 8.10. The summed E-state index contributed by atoms with van der Waals surface area (Å²) in [5, 5.41) is 9.67. The van der Waals surface area contributed by atoms with Crippen LogP contribution < -0.4 is 5.63 Å². The third kappa shape index (κ3) is 6.29. The lowest BCUT2D eigenvalue weighted by Crippen LogP contribution is -2.12. The molecule has 0 fully saturated rings. The minimum Gasteiger partial charge on any atom is -0.507 e. The fourth-order valence-corrected chi connectivity index (χ4v) is 2.32.